The fraction of sp³-hybridized carbons (Fsp3) is 0.875. The third kappa shape index (κ3) is 6.24. The topological polar surface area (TPSA) is 66.5 Å². The number of hydrogen-bond donors (Lipinski definition) is 1. The molecule has 96 valence electrons. The summed E-state index contributed by atoms with van der Waals surface area (Å²) in [5.41, 5.74) is -2.06. The number of nitrogens with zero attached hydrogens (tertiary/aromatic N) is 1. The summed E-state index contributed by atoms with van der Waals surface area (Å²) in [6, 6.07) is 0. The Morgan fingerprint density at radius 3 is 2.50 bits per heavy atom. The highest BCUT2D eigenvalue weighted by Crippen LogP contribution is 1.99. The number of nitrogens with one attached hydrogen (secondary N) is 1. The molecule has 0 aromatic rings. The van der Waals surface area contributed by atoms with Gasteiger partial charge < -0.3 is 5.32 Å². The quantitative estimate of drug-likeness (QED) is 0.537. The van der Waals surface area contributed by atoms with Gasteiger partial charge in [0.05, 0.1) is 6.26 Å². The lowest BCUT2D eigenvalue weighted by Crippen LogP contribution is -2.34. The highest BCUT2D eigenvalue weighted by Gasteiger charge is 2.15. The molecule has 1 atom stereocenters. The Morgan fingerprint density at radius 1 is 1.56 bits per heavy atom. The van der Waals surface area contributed by atoms with Crippen LogP contribution >= 0.6 is 11.6 Å². The highest BCUT2D eigenvalue weighted by atomic mass is 35.5. The third-order valence-electron chi connectivity index (χ3n) is 1.90. The molecule has 0 radical (unpaired) electrons. The molecule has 16 heavy (non-hydrogen) atoms. The third-order valence-corrected chi connectivity index (χ3v) is 3.48. The van der Waals surface area contributed by atoms with Crippen molar-refractivity contribution < 1.29 is 17.6 Å². The van der Waals surface area contributed by atoms with Gasteiger partial charge in [-0.15, -0.1) is 0 Å². The van der Waals surface area contributed by atoms with Gasteiger partial charge in [0.25, 0.3) is 11.5 Å². The Bertz CT molecular complexity index is 321. The average molecular weight is 275 g/mol. The van der Waals surface area contributed by atoms with Gasteiger partial charge in [0.2, 0.25) is 10.0 Å². The zero-order chi connectivity index (χ0) is 12.8. The number of sulfonamides is 1. The average Bonchev–Trinajstić information content (AvgIpc) is 2.15. The van der Waals surface area contributed by atoms with Gasteiger partial charge in [0, 0.05) is 19.6 Å². The van der Waals surface area contributed by atoms with Crippen molar-refractivity contribution in [3.63, 3.8) is 0 Å². The predicted octanol–water partition coefficient (Wildman–Crippen LogP) is 0.309. The van der Waals surface area contributed by atoms with Crippen LogP contribution in [0.4, 0.5) is 4.39 Å². The van der Waals surface area contributed by atoms with Gasteiger partial charge in [0.15, 0.2) is 0 Å². The van der Waals surface area contributed by atoms with E-state index in [0.29, 0.717) is 13.0 Å². The van der Waals surface area contributed by atoms with Crippen LogP contribution in [0.15, 0.2) is 0 Å². The molecule has 8 heteroatoms. The number of alkyl halides is 2. The standard InChI is InChI=1S/C8H16ClFN2O3S/c1-3-12(16(2,14)15)6-4-5-11-8(13)7(9)10/h7H,3-6H2,1-2H3,(H,11,13). The van der Waals surface area contributed by atoms with E-state index in [2.05, 4.69) is 5.32 Å². The SMILES string of the molecule is CCN(CCCNC(=O)C(F)Cl)S(C)(=O)=O. The van der Waals surface area contributed by atoms with Gasteiger partial charge >= 0.3 is 0 Å². The minimum atomic E-state index is -3.21. The summed E-state index contributed by atoms with van der Waals surface area (Å²) >= 11 is 4.88. The van der Waals surface area contributed by atoms with Gasteiger partial charge in [0.1, 0.15) is 0 Å². The lowest BCUT2D eigenvalue weighted by Gasteiger charge is -2.17. The Labute approximate surface area is 100.0 Å². The first-order valence-electron chi connectivity index (χ1n) is 4.80. The molecule has 0 bridgehead atoms. The lowest BCUT2D eigenvalue weighted by atomic mass is 10.4. The van der Waals surface area contributed by atoms with E-state index < -0.39 is 21.6 Å². The molecule has 5 nitrogen and oxygen atoms in total. The number of carbonyl (C=O) groups is 1. The van der Waals surface area contributed by atoms with Crippen molar-refractivity contribution in [1.82, 2.24) is 9.62 Å². The monoisotopic (exact) mass is 274 g/mol. The lowest BCUT2D eigenvalue weighted by molar-refractivity contribution is -0.123. The molecule has 0 heterocycles. The number of rotatable bonds is 7. The van der Waals surface area contributed by atoms with Crippen LogP contribution < -0.4 is 5.32 Å². The maximum atomic E-state index is 12.2. The maximum Gasteiger partial charge on any atom is 0.270 e. The molecule has 0 fully saturated rings. The minimum absolute atomic E-state index is 0.192. The van der Waals surface area contributed by atoms with Gasteiger partial charge in [-0.1, -0.05) is 18.5 Å². The van der Waals surface area contributed by atoms with Crippen molar-refractivity contribution in [2.45, 2.75) is 19.0 Å². The van der Waals surface area contributed by atoms with Gasteiger partial charge in [-0.2, -0.15) is 0 Å². The summed E-state index contributed by atoms with van der Waals surface area (Å²) in [4.78, 5) is 10.7. The molecule has 0 aromatic heterocycles. The van der Waals surface area contributed by atoms with Gasteiger partial charge in [-0.05, 0) is 6.42 Å². The van der Waals surface area contributed by atoms with Crippen LogP contribution in [0.25, 0.3) is 0 Å². The molecule has 0 aliphatic carbocycles. The van der Waals surface area contributed by atoms with E-state index in [9.17, 15) is 17.6 Å². The first kappa shape index (κ1) is 15.6. The smallest absolute Gasteiger partial charge is 0.270 e. The van der Waals surface area contributed by atoms with E-state index in [1.165, 1.54) is 4.31 Å². The summed E-state index contributed by atoms with van der Waals surface area (Å²) in [5, 5.41) is 2.25. The van der Waals surface area contributed by atoms with Crippen molar-refractivity contribution >= 4 is 27.5 Å². The van der Waals surface area contributed by atoms with Crippen molar-refractivity contribution in [1.29, 1.82) is 0 Å². The molecule has 0 aliphatic rings. The van der Waals surface area contributed by atoms with E-state index in [1.807, 2.05) is 0 Å². The number of amides is 1. The molecule has 0 saturated carbocycles. The van der Waals surface area contributed by atoms with Crippen LogP contribution in [0.3, 0.4) is 0 Å². The van der Waals surface area contributed by atoms with Gasteiger partial charge in [-0.25, -0.2) is 17.1 Å². The molecule has 0 saturated heterocycles. The summed E-state index contributed by atoms with van der Waals surface area (Å²) < 4.78 is 35.8. The first-order chi connectivity index (χ1) is 7.29. The van der Waals surface area contributed by atoms with Crippen LogP contribution in [0.5, 0.6) is 0 Å². The Morgan fingerprint density at radius 2 is 2.12 bits per heavy atom. The predicted molar refractivity (Wildman–Crippen MR) is 60.5 cm³/mol. The maximum absolute atomic E-state index is 12.2. The molecule has 1 unspecified atom stereocenters. The van der Waals surface area contributed by atoms with Crippen molar-refractivity contribution in [2.24, 2.45) is 0 Å². The second kappa shape index (κ2) is 7.03. The molecule has 0 aromatic carbocycles. The van der Waals surface area contributed by atoms with E-state index in [4.69, 9.17) is 11.6 Å². The molecule has 0 spiro atoms. The van der Waals surface area contributed by atoms with E-state index in [-0.39, 0.29) is 13.1 Å². The molecule has 0 aliphatic heterocycles. The second-order valence-electron chi connectivity index (χ2n) is 3.20. The molecule has 1 amide bonds. The fourth-order valence-corrected chi connectivity index (χ4v) is 2.11. The summed E-state index contributed by atoms with van der Waals surface area (Å²) in [7, 11) is -3.21. The Kier molecular flexibility index (Phi) is 6.85. The molecule has 1 N–H and O–H groups in total. The van der Waals surface area contributed by atoms with Crippen LogP contribution in [-0.4, -0.2) is 50.2 Å². The Hall–Kier alpha value is -0.400. The zero-order valence-corrected chi connectivity index (χ0v) is 10.8. The van der Waals surface area contributed by atoms with Crippen LogP contribution in [-0.2, 0) is 14.8 Å². The summed E-state index contributed by atoms with van der Waals surface area (Å²) in [6.07, 6.45) is 1.53. The second-order valence-corrected chi connectivity index (χ2v) is 5.57. The molecular formula is C8H16ClFN2O3S. The van der Waals surface area contributed by atoms with E-state index in [1.54, 1.807) is 6.92 Å². The molecular weight excluding hydrogens is 259 g/mol. The fourth-order valence-electron chi connectivity index (χ4n) is 1.10. The van der Waals surface area contributed by atoms with E-state index in [0.717, 1.165) is 6.26 Å². The minimum Gasteiger partial charge on any atom is -0.352 e. The Balaban J connectivity index is 3.86. The number of hydrogen-bond acceptors (Lipinski definition) is 3. The normalized spacial score (nSPS) is 13.8. The van der Waals surface area contributed by atoms with Gasteiger partial charge in [-0.3, -0.25) is 4.79 Å². The van der Waals surface area contributed by atoms with Crippen LogP contribution in [0.2, 0.25) is 0 Å². The highest BCUT2D eigenvalue weighted by molar-refractivity contribution is 7.88. The number of halogens is 2. The van der Waals surface area contributed by atoms with Crippen LogP contribution in [0.1, 0.15) is 13.3 Å². The van der Waals surface area contributed by atoms with Crippen molar-refractivity contribution in [3.05, 3.63) is 0 Å². The van der Waals surface area contributed by atoms with Crippen molar-refractivity contribution in [3.8, 4) is 0 Å². The van der Waals surface area contributed by atoms with Crippen molar-refractivity contribution in [2.75, 3.05) is 25.9 Å². The van der Waals surface area contributed by atoms with E-state index >= 15 is 0 Å². The number of carbonyl (C=O) groups excluding carboxylic acids is 1. The first-order valence-corrected chi connectivity index (χ1v) is 7.08. The molecule has 0 rings (SSSR count). The summed E-state index contributed by atoms with van der Waals surface area (Å²) in [6.45, 7) is 2.57. The largest absolute Gasteiger partial charge is 0.352 e. The van der Waals surface area contributed by atoms with Crippen LogP contribution in [0, 0.1) is 0 Å². The summed E-state index contributed by atoms with van der Waals surface area (Å²) in [5.74, 6) is -0.899. The zero-order valence-electron chi connectivity index (χ0n) is 9.24.